The number of ether oxygens (including phenoxy) is 2. The van der Waals surface area contributed by atoms with E-state index in [0.29, 0.717) is 25.4 Å². The molecule has 1 heterocycles. The van der Waals surface area contributed by atoms with Crippen LogP contribution in [0.4, 0.5) is 11.6 Å². The summed E-state index contributed by atoms with van der Waals surface area (Å²) in [7, 11) is 1.88. The van der Waals surface area contributed by atoms with Gasteiger partial charge in [-0.15, -0.1) is 0 Å². The molecule has 0 amide bonds. The Labute approximate surface area is 362 Å². The van der Waals surface area contributed by atoms with Gasteiger partial charge in [0.25, 0.3) is 0 Å². The minimum absolute atomic E-state index is 0.0136. The second-order valence-corrected chi connectivity index (χ2v) is 17.6. The Kier molecular flexibility index (Phi) is 37.7. The fourth-order valence-electron chi connectivity index (χ4n) is 7.87. The second-order valence-electron chi connectivity index (χ2n) is 17.0. The highest BCUT2D eigenvalue weighted by Crippen LogP contribution is 2.21. The third-order valence-corrected chi connectivity index (χ3v) is 12.2. The summed E-state index contributed by atoms with van der Waals surface area (Å²) in [5.74, 6) is 2.37. The number of rotatable bonds is 44. The molecule has 9 nitrogen and oxygen atoms in total. The lowest BCUT2D eigenvalue weighted by Gasteiger charge is -2.22. The zero-order chi connectivity index (χ0) is 42.2. The monoisotopic (exact) mass is 836 g/mol. The first-order valence-electron chi connectivity index (χ1n) is 24.8. The number of anilines is 2. The normalized spacial score (nSPS) is 11.6. The van der Waals surface area contributed by atoms with Gasteiger partial charge >= 0.3 is 11.9 Å². The molecule has 1 aromatic heterocycles. The molecule has 0 aromatic carbocycles. The Morgan fingerprint density at radius 1 is 0.552 bits per heavy atom. The molecule has 0 bridgehead atoms. The van der Waals surface area contributed by atoms with Crippen LogP contribution in [0.25, 0.3) is 0 Å². The van der Waals surface area contributed by atoms with Crippen molar-refractivity contribution in [1.29, 1.82) is 0 Å². The van der Waals surface area contributed by atoms with E-state index in [4.69, 9.17) is 9.47 Å². The molecule has 0 fully saturated rings. The number of aromatic nitrogens is 2. The largest absolute Gasteiger partial charge is 0.466 e. The average Bonchev–Trinajstić information content (AvgIpc) is 3.69. The van der Waals surface area contributed by atoms with Crippen molar-refractivity contribution in [3.8, 4) is 0 Å². The van der Waals surface area contributed by atoms with Gasteiger partial charge < -0.3 is 25.0 Å². The van der Waals surface area contributed by atoms with Crippen LogP contribution in [0, 0.1) is 5.92 Å². The number of nitrogens with zero attached hydrogens (tertiary/aromatic N) is 3. The van der Waals surface area contributed by atoms with Gasteiger partial charge in [0.1, 0.15) is 6.10 Å². The standard InChI is InChI=1S/C48H93N5O4S/c1-6-10-14-18-24-33-44(34-25-19-15-11-7-2)57-46(55)36-27-21-17-23-29-40-53(41-30-38-50-48-47(49-5)51-58-52-48)39-28-22-16-20-26-35-45(54)56-42-37-43(31-12-8-3)32-13-9-4/h43-44H,6-42H2,1-5H3,(H,49,51)(H,50,52). The van der Waals surface area contributed by atoms with Crippen LogP contribution in [-0.4, -0.2) is 71.5 Å². The van der Waals surface area contributed by atoms with Gasteiger partial charge in [0.2, 0.25) is 0 Å². The Morgan fingerprint density at radius 3 is 1.60 bits per heavy atom. The Morgan fingerprint density at radius 2 is 1.03 bits per heavy atom. The molecule has 1 aromatic rings. The van der Waals surface area contributed by atoms with Crippen molar-refractivity contribution in [2.24, 2.45) is 5.92 Å². The molecular formula is C48H93N5O4S. The number of esters is 2. The SMILES string of the molecule is CCCCCCCC(CCCCCCC)OC(=O)CCCCCCCN(CCCCCCCC(=O)OCCC(CCCC)CCCC)CCCNc1nsnc1NC. The lowest BCUT2D eigenvalue weighted by atomic mass is 9.93. The van der Waals surface area contributed by atoms with E-state index < -0.39 is 0 Å². The molecule has 10 heteroatoms. The lowest BCUT2D eigenvalue weighted by Crippen LogP contribution is -2.28. The van der Waals surface area contributed by atoms with E-state index in [1.165, 1.54) is 153 Å². The zero-order valence-corrected chi connectivity index (χ0v) is 39.5. The smallest absolute Gasteiger partial charge is 0.306 e. The zero-order valence-electron chi connectivity index (χ0n) is 38.7. The third-order valence-electron chi connectivity index (χ3n) is 11.7. The molecule has 0 unspecified atom stereocenters. The molecular weight excluding hydrogens is 743 g/mol. The van der Waals surface area contributed by atoms with E-state index in [2.05, 4.69) is 52.0 Å². The quantitative estimate of drug-likeness (QED) is 0.0491. The van der Waals surface area contributed by atoms with Gasteiger partial charge in [-0.25, -0.2) is 0 Å². The first-order valence-corrected chi connectivity index (χ1v) is 25.5. The van der Waals surface area contributed by atoms with Crippen molar-refractivity contribution in [2.75, 3.05) is 50.5 Å². The van der Waals surface area contributed by atoms with Crippen LogP contribution >= 0.6 is 11.7 Å². The highest BCUT2D eigenvalue weighted by atomic mass is 32.1. The van der Waals surface area contributed by atoms with Crippen LogP contribution in [0.1, 0.15) is 233 Å². The third kappa shape index (κ3) is 31.9. The highest BCUT2D eigenvalue weighted by Gasteiger charge is 2.15. The topological polar surface area (TPSA) is 106 Å². The number of unbranched alkanes of at least 4 members (excludes halogenated alkanes) is 18. The highest BCUT2D eigenvalue weighted by molar-refractivity contribution is 6.99. The van der Waals surface area contributed by atoms with E-state index in [1.807, 2.05) is 7.05 Å². The minimum atomic E-state index is -0.0136. The first-order chi connectivity index (χ1) is 28.5. The Bertz CT molecular complexity index is 1040. The van der Waals surface area contributed by atoms with E-state index in [-0.39, 0.29) is 18.0 Å². The Hall–Kier alpha value is -1.94. The van der Waals surface area contributed by atoms with Crippen LogP contribution in [-0.2, 0) is 19.1 Å². The molecule has 340 valence electrons. The van der Waals surface area contributed by atoms with Crippen molar-refractivity contribution < 1.29 is 19.1 Å². The predicted molar refractivity (Wildman–Crippen MR) is 249 cm³/mol. The summed E-state index contributed by atoms with van der Waals surface area (Å²) in [6.07, 6.45) is 36.7. The lowest BCUT2D eigenvalue weighted by molar-refractivity contribution is -0.150. The van der Waals surface area contributed by atoms with Crippen molar-refractivity contribution in [1.82, 2.24) is 13.6 Å². The van der Waals surface area contributed by atoms with Crippen LogP contribution in [0.5, 0.6) is 0 Å². The number of hydrogen-bond donors (Lipinski definition) is 2. The molecule has 58 heavy (non-hydrogen) atoms. The summed E-state index contributed by atoms with van der Waals surface area (Å²) in [5.41, 5.74) is 0. The maximum atomic E-state index is 12.8. The van der Waals surface area contributed by atoms with Crippen molar-refractivity contribution in [2.45, 2.75) is 239 Å². The second kappa shape index (κ2) is 40.5. The number of carbonyl (C=O) groups is 2. The summed E-state index contributed by atoms with van der Waals surface area (Å²) in [6.45, 7) is 13.8. The number of nitrogens with one attached hydrogen (secondary N) is 2. The van der Waals surface area contributed by atoms with E-state index >= 15 is 0 Å². The molecule has 0 radical (unpaired) electrons. The van der Waals surface area contributed by atoms with Crippen LogP contribution in [0.15, 0.2) is 0 Å². The van der Waals surface area contributed by atoms with Gasteiger partial charge in [-0.3, -0.25) is 9.59 Å². The van der Waals surface area contributed by atoms with Crippen molar-refractivity contribution >= 4 is 35.3 Å². The predicted octanol–water partition coefficient (Wildman–Crippen LogP) is 13.9. The summed E-state index contributed by atoms with van der Waals surface area (Å²) in [5, 5.41) is 6.56. The van der Waals surface area contributed by atoms with Crippen LogP contribution in [0.3, 0.4) is 0 Å². The van der Waals surface area contributed by atoms with Crippen molar-refractivity contribution in [3.05, 3.63) is 0 Å². The molecule has 0 saturated carbocycles. The summed E-state index contributed by atoms with van der Waals surface area (Å²) in [4.78, 5) is 27.8. The Balaban J connectivity index is 2.36. The van der Waals surface area contributed by atoms with E-state index in [1.54, 1.807) is 0 Å². The minimum Gasteiger partial charge on any atom is -0.466 e. The molecule has 0 spiro atoms. The molecule has 2 N–H and O–H groups in total. The molecule has 0 aliphatic carbocycles. The maximum absolute atomic E-state index is 12.8. The summed E-state index contributed by atoms with van der Waals surface area (Å²) < 4.78 is 20.3. The average molecular weight is 836 g/mol. The van der Waals surface area contributed by atoms with Crippen molar-refractivity contribution in [3.63, 3.8) is 0 Å². The maximum Gasteiger partial charge on any atom is 0.306 e. The molecule has 0 saturated heterocycles. The van der Waals surface area contributed by atoms with Crippen LogP contribution in [0.2, 0.25) is 0 Å². The van der Waals surface area contributed by atoms with Gasteiger partial charge in [0, 0.05) is 26.4 Å². The van der Waals surface area contributed by atoms with Gasteiger partial charge in [-0.2, -0.15) is 8.75 Å². The van der Waals surface area contributed by atoms with E-state index in [9.17, 15) is 9.59 Å². The van der Waals surface area contributed by atoms with Gasteiger partial charge in [-0.1, -0.05) is 156 Å². The molecule has 0 aliphatic rings. The molecule has 1 rings (SSSR count). The van der Waals surface area contributed by atoms with E-state index in [0.717, 1.165) is 89.2 Å². The molecule has 0 atom stereocenters. The number of carbonyl (C=O) groups excluding carboxylic acids is 2. The fourth-order valence-corrected chi connectivity index (χ4v) is 8.40. The summed E-state index contributed by atoms with van der Waals surface area (Å²) in [6, 6.07) is 0. The molecule has 0 aliphatic heterocycles. The van der Waals surface area contributed by atoms with Gasteiger partial charge in [-0.05, 0) is 89.8 Å². The van der Waals surface area contributed by atoms with Crippen LogP contribution < -0.4 is 10.6 Å². The van der Waals surface area contributed by atoms with Gasteiger partial charge in [0.15, 0.2) is 11.6 Å². The van der Waals surface area contributed by atoms with Gasteiger partial charge in [0.05, 0.1) is 18.3 Å². The first kappa shape index (κ1) is 54.1. The summed E-state index contributed by atoms with van der Waals surface area (Å²) >= 11 is 1.23. The fraction of sp³-hybridized carbons (Fsp3) is 0.917. The number of hydrogen-bond acceptors (Lipinski definition) is 10.